The number of likely N-dealkylation sites (N-methyl/N-ethyl adjacent to an activating group) is 1. The Hall–Kier alpha value is -2.34. The summed E-state index contributed by atoms with van der Waals surface area (Å²) in [4.78, 5) is 34.6. The van der Waals surface area contributed by atoms with Crippen LogP contribution in [0, 0.1) is 5.41 Å². The maximum absolute atomic E-state index is 13.7. The van der Waals surface area contributed by atoms with Gasteiger partial charge in [-0.2, -0.15) is 0 Å². The number of nitrogens with zero attached hydrogens (tertiary/aromatic N) is 2. The number of hydrogen-bond acceptors (Lipinski definition) is 3. The maximum atomic E-state index is 13.7. The molecule has 2 saturated heterocycles. The quantitative estimate of drug-likeness (QED) is 0.841. The Morgan fingerprint density at radius 2 is 2.00 bits per heavy atom. The van der Waals surface area contributed by atoms with Gasteiger partial charge in [-0.1, -0.05) is 12.1 Å². The van der Waals surface area contributed by atoms with E-state index in [0.717, 1.165) is 56.1 Å². The van der Waals surface area contributed by atoms with Crippen molar-refractivity contribution in [1.29, 1.82) is 0 Å². The Balaban J connectivity index is 1.48. The van der Waals surface area contributed by atoms with Crippen molar-refractivity contribution in [2.24, 2.45) is 5.41 Å². The summed E-state index contributed by atoms with van der Waals surface area (Å²) in [5.41, 5.74) is 1.13. The summed E-state index contributed by atoms with van der Waals surface area (Å²) in [6.45, 7) is 2.38. The summed E-state index contributed by atoms with van der Waals surface area (Å²) < 4.78 is 0. The number of nitrogens with one attached hydrogen (secondary N) is 2. The van der Waals surface area contributed by atoms with Crippen LogP contribution < -0.4 is 5.32 Å². The van der Waals surface area contributed by atoms with E-state index in [-0.39, 0.29) is 17.9 Å². The molecule has 3 heterocycles. The van der Waals surface area contributed by atoms with Crippen molar-refractivity contribution in [3.63, 3.8) is 0 Å². The van der Waals surface area contributed by atoms with Crippen LogP contribution in [-0.4, -0.2) is 65.4 Å². The van der Waals surface area contributed by atoms with E-state index in [1.54, 1.807) is 0 Å². The molecular formula is C23H30N4O2. The Bertz CT molecular complexity index is 934. The van der Waals surface area contributed by atoms with Gasteiger partial charge in [0.05, 0.1) is 22.5 Å². The average Bonchev–Trinajstić information content (AvgIpc) is 3.18. The molecule has 5 rings (SSSR count). The lowest BCUT2D eigenvalue weighted by atomic mass is 9.67. The molecule has 6 heteroatoms. The number of rotatable bonds is 3. The summed E-state index contributed by atoms with van der Waals surface area (Å²) in [5, 5.41) is 4.36. The lowest BCUT2D eigenvalue weighted by molar-refractivity contribution is -0.143. The highest BCUT2D eigenvalue weighted by atomic mass is 16.2. The summed E-state index contributed by atoms with van der Waals surface area (Å²) in [7, 11) is 2.09. The molecule has 3 fully saturated rings. The van der Waals surface area contributed by atoms with E-state index in [4.69, 9.17) is 0 Å². The highest BCUT2D eigenvalue weighted by Crippen LogP contribution is 2.43. The van der Waals surface area contributed by atoms with Gasteiger partial charge in [-0.25, -0.2) is 0 Å². The van der Waals surface area contributed by atoms with E-state index in [1.807, 2.05) is 35.4 Å². The van der Waals surface area contributed by atoms with Crippen LogP contribution in [0.2, 0.25) is 0 Å². The molecule has 2 amide bonds. The molecule has 6 nitrogen and oxygen atoms in total. The molecule has 1 aliphatic carbocycles. The van der Waals surface area contributed by atoms with Gasteiger partial charge in [-0.3, -0.25) is 9.59 Å². The number of benzene rings is 1. The molecule has 2 aliphatic heterocycles. The van der Waals surface area contributed by atoms with Crippen molar-refractivity contribution in [2.75, 3.05) is 26.7 Å². The van der Waals surface area contributed by atoms with Crippen LogP contribution in [0.25, 0.3) is 10.9 Å². The van der Waals surface area contributed by atoms with Crippen molar-refractivity contribution in [1.82, 2.24) is 20.1 Å². The smallest absolute Gasteiger partial charge is 0.256 e. The molecule has 1 saturated carbocycles. The molecular weight excluding hydrogens is 364 g/mol. The highest BCUT2D eigenvalue weighted by molar-refractivity contribution is 6.06. The molecule has 2 N–H and O–H groups in total. The van der Waals surface area contributed by atoms with Crippen LogP contribution in [0.15, 0.2) is 30.5 Å². The van der Waals surface area contributed by atoms with Crippen molar-refractivity contribution >= 4 is 22.7 Å². The molecule has 0 spiro atoms. The topological polar surface area (TPSA) is 68.4 Å². The standard InChI is InChI=1S/C23H30N4O2/c1-26-14-11-23(22(29)25-17-6-3-7-17)10-4-13-27(19(23)15-26)21(28)18-8-2-5-16-9-12-24-20(16)18/h2,5,8-9,12,17,19,24H,3-4,6-7,10-11,13-15H2,1H3,(H,25,29)/t19-,23+/m0/s1. The van der Waals surface area contributed by atoms with Gasteiger partial charge < -0.3 is 20.1 Å². The highest BCUT2D eigenvalue weighted by Gasteiger charge is 2.54. The first kappa shape index (κ1) is 18.7. The van der Waals surface area contributed by atoms with Crippen LogP contribution in [0.4, 0.5) is 0 Å². The van der Waals surface area contributed by atoms with E-state index in [9.17, 15) is 9.59 Å². The second-order valence-corrected chi connectivity index (χ2v) is 9.14. The summed E-state index contributed by atoms with van der Waals surface area (Å²) in [6, 6.07) is 8.11. The number of carbonyl (C=O) groups excluding carboxylic acids is 2. The van der Waals surface area contributed by atoms with E-state index in [1.165, 1.54) is 6.42 Å². The summed E-state index contributed by atoms with van der Waals surface area (Å²) in [5.74, 6) is 0.217. The maximum Gasteiger partial charge on any atom is 0.256 e. The number of para-hydroxylation sites is 1. The van der Waals surface area contributed by atoms with E-state index >= 15 is 0 Å². The van der Waals surface area contributed by atoms with Gasteiger partial charge in [0.2, 0.25) is 5.91 Å². The van der Waals surface area contributed by atoms with E-state index in [2.05, 4.69) is 22.2 Å². The molecule has 2 atom stereocenters. The minimum Gasteiger partial charge on any atom is -0.361 e. The largest absolute Gasteiger partial charge is 0.361 e. The van der Waals surface area contributed by atoms with Crippen molar-refractivity contribution in [2.45, 2.75) is 50.6 Å². The normalized spacial score (nSPS) is 28.0. The van der Waals surface area contributed by atoms with Crippen LogP contribution in [-0.2, 0) is 4.79 Å². The third-order valence-electron chi connectivity index (χ3n) is 7.43. The Kier molecular flexibility index (Phi) is 4.62. The van der Waals surface area contributed by atoms with Crippen molar-refractivity contribution in [3.8, 4) is 0 Å². The molecule has 0 radical (unpaired) electrons. The SMILES string of the molecule is CN1CC[C@]2(C(=O)NC3CCC3)CCCN(C(=O)c3cccc4cc[nH]c34)[C@H]2C1. The number of piperidine rings is 2. The summed E-state index contributed by atoms with van der Waals surface area (Å²) in [6.07, 6.45) is 7.83. The van der Waals surface area contributed by atoms with Gasteiger partial charge in [0.25, 0.3) is 5.91 Å². The van der Waals surface area contributed by atoms with Gasteiger partial charge in [0.15, 0.2) is 0 Å². The number of H-pyrrole nitrogens is 1. The minimum absolute atomic E-state index is 0.0406. The van der Waals surface area contributed by atoms with Crippen LogP contribution in [0.3, 0.4) is 0 Å². The molecule has 154 valence electrons. The third kappa shape index (κ3) is 3.05. The molecule has 3 aliphatic rings. The Labute approximate surface area is 171 Å². The predicted molar refractivity (Wildman–Crippen MR) is 113 cm³/mol. The number of aromatic nitrogens is 1. The van der Waals surface area contributed by atoms with Gasteiger partial charge in [0.1, 0.15) is 0 Å². The number of carbonyl (C=O) groups is 2. The van der Waals surface area contributed by atoms with E-state index in [0.29, 0.717) is 18.2 Å². The second-order valence-electron chi connectivity index (χ2n) is 9.14. The fraction of sp³-hybridized carbons (Fsp3) is 0.565. The molecule has 0 unspecified atom stereocenters. The Morgan fingerprint density at radius 1 is 1.14 bits per heavy atom. The molecule has 0 bridgehead atoms. The average molecular weight is 395 g/mol. The van der Waals surface area contributed by atoms with Crippen molar-refractivity contribution in [3.05, 3.63) is 36.0 Å². The number of aromatic amines is 1. The van der Waals surface area contributed by atoms with Crippen LogP contribution >= 0.6 is 0 Å². The van der Waals surface area contributed by atoms with E-state index < -0.39 is 5.41 Å². The molecule has 2 aromatic rings. The van der Waals surface area contributed by atoms with Crippen LogP contribution in [0.5, 0.6) is 0 Å². The zero-order valence-corrected chi connectivity index (χ0v) is 17.1. The zero-order chi connectivity index (χ0) is 20.0. The summed E-state index contributed by atoms with van der Waals surface area (Å²) >= 11 is 0. The minimum atomic E-state index is -0.459. The third-order valence-corrected chi connectivity index (χ3v) is 7.43. The first-order valence-electron chi connectivity index (χ1n) is 10.9. The second kappa shape index (κ2) is 7.17. The zero-order valence-electron chi connectivity index (χ0n) is 17.1. The predicted octanol–water partition coefficient (Wildman–Crippen LogP) is 2.76. The number of hydrogen-bond donors (Lipinski definition) is 2. The van der Waals surface area contributed by atoms with Gasteiger partial charge in [-0.15, -0.1) is 0 Å². The molecule has 29 heavy (non-hydrogen) atoms. The fourth-order valence-electron chi connectivity index (χ4n) is 5.45. The van der Waals surface area contributed by atoms with Gasteiger partial charge in [-0.05, 0) is 64.3 Å². The first-order chi connectivity index (χ1) is 14.1. The number of amides is 2. The molecule has 1 aromatic heterocycles. The first-order valence-corrected chi connectivity index (χ1v) is 10.9. The van der Waals surface area contributed by atoms with Crippen molar-refractivity contribution < 1.29 is 9.59 Å². The van der Waals surface area contributed by atoms with Crippen LogP contribution in [0.1, 0.15) is 48.9 Å². The lowest BCUT2D eigenvalue weighted by Crippen LogP contribution is -2.67. The van der Waals surface area contributed by atoms with Gasteiger partial charge in [0, 0.05) is 30.7 Å². The molecule has 1 aromatic carbocycles. The monoisotopic (exact) mass is 394 g/mol. The Morgan fingerprint density at radius 3 is 2.79 bits per heavy atom. The fourth-order valence-corrected chi connectivity index (χ4v) is 5.45. The van der Waals surface area contributed by atoms with Gasteiger partial charge >= 0.3 is 0 Å². The number of fused-ring (bicyclic) bond motifs is 2. The number of likely N-dealkylation sites (tertiary alicyclic amines) is 2. The lowest BCUT2D eigenvalue weighted by Gasteiger charge is -2.54.